The van der Waals surface area contributed by atoms with Gasteiger partial charge in [-0.1, -0.05) is 37.3 Å². The second-order valence-corrected chi connectivity index (χ2v) is 8.95. The smallest absolute Gasteiger partial charge is 0.123 e. The number of hydrogen-bond donors (Lipinski definition) is 1. The van der Waals surface area contributed by atoms with Crippen LogP contribution in [0.4, 0.5) is 4.39 Å². The monoisotopic (exact) mass is 197 g/mol. The Bertz CT molecular complexity index is 279. The van der Waals surface area contributed by atoms with Crippen molar-refractivity contribution >= 4 is 13.3 Å². The lowest BCUT2D eigenvalue weighted by molar-refractivity contribution is 0.628. The molecule has 1 aromatic carbocycles. The van der Waals surface area contributed by atoms with Gasteiger partial charge in [-0.25, -0.2) is 4.39 Å². The Morgan fingerprint density at radius 2 is 1.69 bits per heavy atom. The summed E-state index contributed by atoms with van der Waals surface area (Å²) >= 11 is 0. The molecule has 0 spiro atoms. The number of halogens is 1. The van der Waals surface area contributed by atoms with Crippen LogP contribution in [0, 0.1) is 5.82 Å². The number of rotatable bonds is 2. The predicted octanol–water partition coefficient (Wildman–Crippen LogP) is 1.63. The van der Waals surface area contributed by atoms with E-state index in [2.05, 4.69) is 13.1 Å². The number of hydrogen-bond acceptors (Lipinski definition) is 1. The molecule has 0 amide bonds. The van der Waals surface area contributed by atoms with Crippen LogP contribution < -0.4 is 10.9 Å². The van der Waals surface area contributed by atoms with Gasteiger partial charge in [0.1, 0.15) is 5.82 Å². The summed E-state index contributed by atoms with van der Waals surface area (Å²) in [6.45, 7) is 6.42. The summed E-state index contributed by atoms with van der Waals surface area (Å²) in [4.78, 5) is 0. The minimum Gasteiger partial charge on any atom is -0.330 e. The second-order valence-electron chi connectivity index (χ2n) is 4.02. The third kappa shape index (κ3) is 2.17. The van der Waals surface area contributed by atoms with Gasteiger partial charge in [-0.15, -0.1) is 0 Å². The third-order valence-corrected chi connectivity index (χ3v) is 6.82. The van der Waals surface area contributed by atoms with E-state index in [9.17, 15) is 4.39 Å². The average molecular weight is 197 g/mol. The molecule has 0 saturated carbocycles. The fourth-order valence-electron chi connectivity index (χ4n) is 1.14. The Morgan fingerprint density at radius 1 is 1.23 bits per heavy atom. The van der Waals surface area contributed by atoms with Crippen LogP contribution in [0.25, 0.3) is 0 Å². The van der Waals surface area contributed by atoms with Gasteiger partial charge in [0, 0.05) is 0 Å². The zero-order valence-corrected chi connectivity index (χ0v) is 9.34. The summed E-state index contributed by atoms with van der Waals surface area (Å²) in [6, 6.07) is 6.72. The van der Waals surface area contributed by atoms with Crippen LogP contribution in [-0.2, 0) is 0 Å². The van der Waals surface area contributed by atoms with Gasteiger partial charge in [0.25, 0.3) is 0 Å². The molecule has 1 atom stereocenters. The lowest BCUT2D eigenvalue weighted by Crippen LogP contribution is -2.55. The van der Waals surface area contributed by atoms with Gasteiger partial charge in [-0.3, -0.25) is 0 Å². The highest BCUT2D eigenvalue weighted by atomic mass is 28.3. The first-order chi connectivity index (χ1) is 5.94. The Labute approximate surface area is 79.8 Å². The van der Waals surface area contributed by atoms with Crippen molar-refractivity contribution < 1.29 is 4.39 Å². The molecule has 0 aliphatic rings. The summed E-state index contributed by atoms with van der Waals surface area (Å²) in [7, 11) is -1.57. The maximum Gasteiger partial charge on any atom is 0.123 e. The van der Waals surface area contributed by atoms with Crippen molar-refractivity contribution in [1.82, 2.24) is 0 Å². The van der Waals surface area contributed by atoms with Crippen LogP contribution in [-0.4, -0.2) is 13.7 Å². The van der Waals surface area contributed by atoms with E-state index in [0.29, 0.717) is 0 Å². The molecule has 1 unspecified atom stereocenters. The molecule has 0 heterocycles. The standard InChI is InChI=1S/C10H16FNSi/c1-8(12)13(2,3)10-6-4-9(11)5-7-10/h4-8H,12H2,1-3H3. The van der Waals surface area contributed by atoms with Crippen LogP contribution in [0.1, 0.15) is 6.92 Å². The van der Waals surface area contributed by atoms with Crippen LogP contribution in [0.2, 0.25) is 13.1 Å². The highest BCUT2D eigenvalue weighted by molar-refractivity contribution is 6.90. The molecule has 0 radical (unpaired) electrons. The first-order valence-corrected chi connectivity index (χ1v) is 7.54. The first-order valence-electron chi connectivity index (χ1n) is 4.46. The highest BCUT2D eigenvalue weighted by Crippen LogP contribution is 2.07. The summed E-state index contributed by atoms with van der Waals surface area (Å²) in [6.07, 6.45) is 0. The van der Waals surface area contributed by atoms with Gasteiger partial charge < -0.3 is 5.73 Å². The molecule has 72 valence electrons. The van der Waals surface area contributed by atoms with E-state index in [1.54, 1.807) is 0 Å². The molecule has 0 fully saturated rings. The van der Waals surface area contributed by atoms with Crippen molar-refractivity contribution in [3.63, 3.8) is 0 Å². The Morgan fingerprint density at radius 3 is 2.08 bits per heavy atom. The molecule has 0 aliphatic heterocycles. The summed E-state index contributed by atoms with van der Waals surface area (Å²) in [5.74, 6) is -0.182. The molecule has 2 N–H and O–H groups in total. The van der Waals surface area contributed by atoms with Crippen molar-refractivity contribution in [1.29, 1.82) is 0 Å². The zero-order valence-electron chi connectivity index (χ0n) is 8.34. The average Bonchev–Trinajstić information content (AvgIpc) is 2.04. The summed E-state index contributed by atoms with van der Waals surface area (Å²) in [5.41, 5.74) is 6.10. The molecule has 13 heavy (non-hydrogen) atoms. The molecular formula is C10H16FNSi. The minimum atomic E-state index is -1.57. The Balaban J connectivity index is 3.01. The molecule has 1 rings (SSSR count). The lowest BCUT2D eigenvalue weighted by Gasteiger charge is -2.27. The maximum atomic E-state index is 12.7. The lowest BCUT2D eigenvalue weighted by atomic mass is 10.3. The Hall–Kier alpha value is -0.673. The van der Waals surface area contributed by atoms with Crippen LogP contribution in [0.5, 0.6) is 0 Å². The van der Waals surface area contributed by atoms with Crippen molar-refractivity contribution in [2.75, 3.05) is 0 Å². The van der Waals surface area contributed by atoms with Crippen LogP contribution in [0.3, 0.4) is 0 Å². The molecule has 1 aromatic rings. The van der Waals surface area contributed by atoms with Crippen molar-refractivity contribution in [2.45, 2.75) is 25.7 Å². The first kappa shape index (κ1) is 10.4. The van der Waals surface area contributed by atoms with Gasteiger partial charge in [0.2, 0.25) is 0 Å². The summed E-state index contributed by atoms with van der Waals surface area (Å²) < 4.78 is 12.7. The van der Waals surface area contributed by atoms with Crippen molar-refractivity contribution in [3.8, 4) is 0 Å². The van der Waals surface area contributed by atoms with Gasteiger partial charge in [0.05, 0.1) is 8.07 Å². The van der Waals surface area contributed by atoms with Crippen molar-refractivity contribution in [3.05, 3.63) is 30.1 Å². The van der Waals surface area contributed by atoms with Crippen molar-refractivity contribution in [2.24, 2.45) is 5.73 Å². The minimum absolute atomic E-state index is 0.182. The van der Waals surface area contributed by atoms with Gasteiger partial charge in [0.15, 0.2) is 0 Å². The Kier molecular flexibility index (Phi) is 2.88. The number of nitrogens with two attached hydrogens (primary N) is 1. The quantitative estimate of drug-likeness (QED) is 0.716. The fraction of sp³-hybridized carbons (Fsp3) is 0.400. The second kappa shape index (κ2) is 3.60. The molecule has 0 aliphatic carbocycles. The normalized spacial score (nSPS) is 14.2. The zero-order chi connectivity index (χ0) is 10.1. The van der Waals surface area contributed by atoms with Gasteiger partial charge in [-0.05, 0) is 17.8 Å². The predicted molar refractivity (Wildman–Crippen MR) is 57.2 cm³/mol. The fourth-order valence-corrected chi connectivity index (χ4v) is 2.69. The molecular weight excluding hydrogens is 181 g/mol. The number of benzene rings is 1. The van der Waals surface area contributed by atoms with Crippen LogP contribution >= 0.6 is 0 Å². The van der Waals surface area contributed by atoms with E-state index >= 15 is 0 Å². The molecule has 3 heteroatoms. The molecule has 0 saturated heterocycles. The van der Waals surface area contributed by atoms with E-state index in [1.165, 1.54) is 17.3 Å². The third-order valence-electron chi connectivity index (χ3n) is 2.73. The maximum absolute atomic E-state index is 12.7. The van der Waals surface area contributed by atoms with Gasteiger partial charge >= 0.3 is 0 Å². The molecule has 1 nitrogen and oxygen atoms in total. The van der Waals surface area contributed by atoms with E-state index < -0.39 is 8.07 Å². The van der Waals surface area contributed by atoms with E-state index in [1.807, 2.05) is 19.1 Å². The van der Waals surface area contributed by atoms with E-state index in [-0.39, 0.29) is 11.5 Å². The highest BCUT2D eigenvalue weighted by Gasteiger charge is 2.27. The van der Waals surface area contributed by atoms with E-state index in [0.717, 1.165) is 0 Å². The van der Waals surface area contributed by atoms with Gasteiger partial charge in [-0.2, -0.15) is 0 Å². The molecule has 0 bridgehead atoms. The SMILES string of the molecule is CC(N)[Si](C)(C)c1ccc(F)cc1. The molecule has 0 aromatic heterocycles. The summed E-state index contributed by atoms with van der Waals surface area (Å²) in [5, 5.41) is 1.21. The van der Waals surface area contributed by atoms with E-state index in [4.69, 9.17) is 5.73 Å². The largest absolute Gasteiger partial charge is 0.330 e. The van der Waals surface area contributed by atoms with Crippen LogP contribution in [0.15, 0.2) is 24.3 Å². The topological polar surface area (TPSA) is 26.0 Å².